The Balaban J connectivity index is 1.80. The number of nitrogens with one attached hydrogen (secondary N) is 1. The molecule has 0 aromatic heterocycles. The van der Waals surface area contributed by atoms with Gasteiger partial charge in [0.2, 0.25) is 10.0 Å². The lowest BCUT2D eigenvalue weighted by molar-refractivity contribution is -0.135. The van der Waals surface area contributed by atoms with Gasteiger partial charge in [0.1, 0.15) is 0 Å². The number of sulfonamides is 1. The minimum Gasteiger partial charge on any atom is -0.350 e. The maximum absolute atomic E-state index is 15.3. The second kappa shape index (κ2) is 11.1. The van der Waals surface area contributed by atoms with Crippen molar-refractivity contribution in [2.45, 2.75) is 30.3 Å². The molecule has 1 fully saturated rings. The Labute approximate surface area is 216 Å². The minimum atomic E-state index is -4.03. The van der Waals surface area contributed by atoms with Crippen LogP contribution in [0.5, 0.6) is 0 Å². The van der Waals surface area contributed by atoms with Crippen molar-refractivity contribution in [3.63, 3.8) is 0 Å². The van der Waals surface area contributed by atoms with Gasteiger partial charge in [0, 0.05) is 60.3 Å². The van der Waals surface area contributed by atoms with E-state index in [0.29, 0.717) is 16.1 Å². The molecule has 0 saturated carbocycles. The molecular weight excluding hydrogens is 527 g/mol. The molecule has 1 saturated heterocycles. The van der Waals surface area contributed by atoms with Crippen molar-refractivity contribution in [2.75, 3.05) is 25.9 Å². The first-order chi connectivity index (χ1) is 16.9. The van der Waals surface area contributed by atoms with Crippen LogP contribution in [0.3, 0.4) is 0 Å². The number of benzene rings is 2. The quantitative estimate of drug-likeness (QED) is 0.530. The molecule has 1 N–H and O–H groups in total. The predicted molar refractivity (Wildman–Crippen MR) is 138 cm³/mol. The Kier molecular flexibility index (Phi) is 8.62. The van der Waals surface area contributed by atoms with Crippen LogP contribution in [0, 0.1) is 11.8 Å². The van der Waals surface area contributed by atoms with Crippen molar-refractivity contribution in [3.8, 4) is 23.0 Å². The molecule has 0 aliphatic carbocycles. The summed E-state index contributed by atoms with van der Waals surface area (Å²) < 4.78 is 65.8. The first-order valence-electron chi connectivity index (χ1n) is 11.0. The topological polar surface area (TPSA) is 101 Å². The van der Waals surface area contributed by atoms with Gasteiger partial charge < -0.3 is 5.32 Å². The van der Waals surface area contributed by atoms with E-state index in [1.807, 2.05) is 6.07 Å². The largest absolute Gasteiger partial charge is 0.350 e. The van der Waals surface area contributed by atoms with E-state index in [2.05, 4.69) is 17.2 Å². The molecule has 36 heavy (non-hydrogen) atoms. The van der Waals surface area contributed by atoms with Crippen molar-refractivity contribution >= 4 is 37.4 Å². The fourth-order valence-electron chi connectivity index (χ4n) is 3.84. The average Bonchev–Trinajstić information content (AvgIpc) is 2.81. The number of hydrogen-bond acceptors (Lipinski definition) is 5. The molecule has 2 aromatic rings. The first-order valence-corrected chi connectivity index (χ1v) is 14.8. The number of amides is 1. The molecule has 0 atom stereocenters. The van der Waals surface area contributed by atoms with Crippen LogP contribution >= 0.6 is 11.6 Å². The van der Waals surface area contributed by atoms with Gasteiger partial charge in [0.15, 0.2) is 15.5 Å². The van der Waals surface area contributed by atoms with Crippen LogP contribution in [0.25, 0.3) is 11.1 Å². The monoisotopic (exact) mass is 552 g/mol. The number of alkyl halides is 1. The average molecular weight is 553 g/mol. The van der Waals surface area contributed by atoms with E-state index in [1.165, 1.54) is 18.2 Å². The van der Waals surface area contributed by atoms with Crippen molar-refractivity contribution in [1.82, 2.24) is 9.62 Å². The lowest BCUT2D eigenvalue weighted by Gasteiger charge is -2.35. The standard InChI is InChI=1S/C25H26ClFN2O5S2/c1-3-6-19-7-4-8-20(17-19)22-18-21(26)9-10-23(22)36(33,34)29-14-11-25(27,12-15-29)24(30)28-13-5-16-35(2,31)32/h4-5,7-10,16-18H,11-15H2,1-2H3,(H,28,30)/b16-5+. The summed E-state index contributed by atoms with van der Waals surface area (Å²) in [7, 11) is -7.39. The molecule has 1 amide bonds. The van der Waals surface area contributed by atoms with Gasteiger partial charge in [0.25, 0.3) is 5.91 Å². The minimum absolute atomic E-state index is 0.0234. The van der Waals surface area contributed by atoms with Crippen LogP contribution in [-0.4, -0.2) is 58.6 Å². The highest BCUT2D eigenvalue weighted by Gasteiger charge is 2.44. The number of nitrogens with zero attached hydrogens (tertiary/aromatic N) is 1. The summed E-state index contributed by atoms with van der Waals surface area (Å²) in [5.41, 5.74) is -0.527. The summed E-state index contributed by atoms with van der Waals surface area (Å²) in [6.45, 7) is 1.15. The van der Waals surface area contributed by atoms with Gasteiger partial charge >= 0.3 is 0 Å². The summed E-state index contributed by atoms with van der Waals surface area (Å²) in [5.74, 6) is 4.85. The van der Waals surface area contributed by atoms with E-state index in [1.54, 1.807) is 31.2 Å². The fraction of sp³-hybridized carbons (Fsp3) is 0.320. The van der Waals surface area contributed by atoms with Gasteiger partial charge in [-0.15, -0.1) is 5.92 Å². The predicted octanol–water partition coefficient (Wildman–Crippen LogP) is 3.55. The third kappa shape index (κ3) is 6.73. The van der Waals surface area contributed by atoms with Crippen LogP contribution in [0.4, 0.5) is 4.39 Å². The summed E-state index contributed by atoms with van der Waals surface area (Å²) in [4.78, 5) is 12.4. The Hall–Kier alpha value is -2.71. The number of piperidine rings is 1. The zero-order chi connectivity index (χ0) is 26.6. The molecule has 1 aliphatic rings. The SMILES string of the molecule is CC#Cc1cccc(-c2cc(Cl)ccc2S(=O)(=O)N2CCC(F)(C(=O)NC/C=C/S(C)(=O)=O)CC2)c1. The maximum atomic E-state index is 15.3. The van der Waals surface area contributed by atoms with E-state index < -0.39 is 31.4 Å². The Bertz CT molecular complexity index is 1450. The molecule has 0 radical (unpaired) electrons. The van der Waals surface area contributed by atoms with Crippen LogP contribution in [0.1, 0.15) is 25.3 Å². The van der Waals surface area contributed by atoms with Gasteiger partial charge in [-0.3, -0.25) is 4.79 Å². The molecule has 1 aliphatic heterocycles. The highest BCUT2D eigenvalue weighted by atomic mass is 35.5. The van der Waals surface area contributed by atoms with Crippen molar-refractivity contribution in [2.24, 2.45) is 0 Å². The van der Waals surface area contributed by atoms with E-state index in [0.717, 1.165) is 21.5 Å². The van der Waals surface area contributed by atoms with E-state index >= 15 is 4.39 Å². The second-order valence-electron chi connectivity index (χ2n) is 8.38. The normalized spacial score (nSPS) is 16.3. The van der Waals surface area contributed by atoms with Crippen molar-refractivity contribution in [1.29, 1.82) is 0 Å². The number of carbonyl (C=O) groups excluding carboxylic acids is 1. The molecular formula is C25H26ClFN2O5S2. The van der Waals surface area contributed by atoms with E-state index in [-0.39, 0.29) is 37.4 Å². The Morgan fingerprint density at radius 1 is 1.17 bits per heavy atom. The fourth-order valence-corrected chi connectivity index (χ4v) is 6.10. The summed E-state index contributed by atoms with van der Waals surface area (Å²) in [6, 6.07) is 11.6. The lowest BCUT2D eigenvalue weighted by Crippen LogP contribution is -2.52. The third-order valence-electron chi connectivity index (χ3n) is 5.65. The van der Waals surface area contributed by atoms with Gasteiger partial charge in [-0.2, -0.15) is 4.31 Å². The van der Waals surface area contributed by atoms with Crippen molar-refractivity contribution in [3.05, 3.63) is 64.5 Å². The Morgan fingerprint density at radius 2 is 1.86 bits per heavy atom. The zero-order valence-electron chi connectivity index (χ0n) is 19.8. The second-order valence-corrected chi connectivity index (χ2v) is 12.7. The molecule has 0 spiro atoms. The van der Waals surface area contributed by atoms with Crippen LogP contribution in [0.2, 0.25) is 5.02 Å². The summed E-state index contributed by atoms with van der Waals surface area (Å²) >= 11 is 6.18. The Morgan fingerprint density at radius 3 is 2.50 bits per heavy atom. The van der Waals surface area contributed by atoms with E-state index in [9.17, 15) is 21.6 Å². The van der Waals surface area contributed by atoms with Gasteiger partial charge in [-0.1, -0.05) is 35.7 Å². The van der Waals surface area contributed by atoms with Gasteiger partial charge in [0.05, 0.1) is 4.90 Å². The molecule has 2 aromatic carbocycles. The molecule has 0 unspecified atom stereocenters. The summed E-state index contributed by atoms with van der Waals surface area (Å²) in [5, 5.41) is 3.62. The first kappa shape index (κ1) is 27.9. The number of carbonyl (C=O) groups is 1. The molecule has 7 nitrogen and oxygen atoms in total. The molecule has 0 bridgehead atoms. The van der Waals surface area contributed by atoms with Crippen LogP contribution in [0.15, 0.2) is 58.8 Å². The maximum Gasteiger partial charge on any atom is 0.258 e. The number of halogens is 2. The van der Waals surface area contributed by atoms with Gasteiger partial charge in [-0.25, -0.2) is 21.2 Å². The molecule has 192 valence electrons. The molecule has 3 rings (SSSR count). The highest BCUT2D eigenvalue weighted by Crippen LogP contribution is 2.35. The van der Waals surface area contributed by atoms with Crippen molar-refractivity contribution < 1.29 is 26.0 Å². The highest BCUT2D eigenvalue weighted by molar-refractivity contribution is 7.93. The number of sulfone groups is 1. The zero-order valence-corrected chi connectivity index (χ0v) is 22.2. The summed E-state index contributed by atoms with van der Waals surface area (Å²) in [6.07, 6.45) is 1.54. The van der Waals surface area contributed by atoms with Crippen LogP contribution in [-0.2, 0) is 24.7 Å². The van der Waals surface area contributed by atoms with Gasteiger partial charge in [-0.05, 0) is 42.8 Å². The van der Waals surface area contributed by atoms with E-state index in [4.69, 9.17) is 11.6 Å². The smallest absolute Gasteiger partial charge is 0.258 e. The lowest BCUT2D eigenvalue weighted by atomic mass is 9.93. The number of hydrogen-bond donors (Lipinski definition) is 1. The number of rotatable bonds is 7. The molecule has 11 heteroatoms. The molecule has 1 heterocycles. The van der Waals surface area contributed by atoms with Crippen LogP contribution < -0.4 is 5.32 Å². The third-order valence-corrected chi connectivity index (χ3v) is 8.53.